The Morgan fingerprint density at radius 2 is 1.82 bits per heavy atom. The Bertz CT molecular complexity index is 1500. The molecule has 0 saturated carbocycles. The van der Waals surface area contributed by atoms with Gasteiger partial charge in [0.05, 0.1) is 23.4 Å². The first-order valence-corrected chi connectivity index (χ1v) is 15.1. The Morgan fingerprint density at radius 3 is 2.52 bits per heavy atom. The summed E-state index contributed by atoms with van der Waals surface area (Å²) in [6, 6.07) is 11.6. The van der Waals surface area contributed by atoms with E-state index in [2.05, 4.69) is 30.7 Å². The van der Waals surface area contributed by atoms with Gasteiger partial charge in [-0.2, -0.15) is 24.6 Å². The van der Waals surface area contributed by atoms with Crippen molar-refractivity contribution in [3.63, 3.8) is 0 Å². The van der Waals surface area contributed by atoms with Crippen LogP contribution in [0.4, 0.5) is 23.3 Å². The van der Waals surface area contributed by atoms with Crippen LogP contribution < -0.4 is 20.7 Å². The monoisotopic (exact) mass is 505 g/mol. The summed E-state index contributed by atoms with van der Waals surface area (Å²) in [5, 5.41) is 10.9. The SMILES string of the molecule is COc1cc(P(C)(C)=O)ccc1Nc1nc(Nc2ccccc2S(=O)(=O)P)n2ncnc2n1. The minimum Gasteiger partial charge on any atom is -0.495 e. The highest BCUT2D eigenvalue weighted by Gasteiger charge is 2.18. The van der Waals surface area contributed by atoms with E-state index in [-0.39, 0.29) is 22.6 Å². The summed E-state index contributed by atoms with van der Waals surface area (Å²) in [6.45, 7) is 3.37. The van der Waals surface area contributed by atoms with Crippen molar-refractivity contribution < 1.29 is 17.7 Å². The van der Waals surface area contributed by atoms with Gasteiger partial charge in [0.25, 0.3) is 5.78 Å². The number of aromatic nitrogens is 5. The molecule has 0 radical (unpaired) electrons. The third kappa shape index (κ3) is 4.98. The van der Waals surface area contributed by atoms with Crippen molar-refractivity contribution in [2.24, 2.45) is 0 Å². The molecule has 1 atom stereocenters. The number of nitrogens with zero attached hydrogens (tertiary/aromatic N) is 5. The second kappa shape index (κ2) is 8.70. The molecule has 0 spiro atoms. The molecule has 2 aromatic carbocycles. The number of para-hydroxylation sites is 1. The van der Waals surface area contributed by atoms with Crippen LogP contribution in [-0.2, 0) is 14.0 Å². The zero-order valence-electron chi connectivity index (χ0n) is 17.9. The van der Waals surface area contributed by atoms with Gasteiger partial charge in [0.1, 0.15) is 19.2 Å². The average molecular weight is 505 g/mol. The summed E-state index contributed by atoms with van der Waals surface area (Å²) in [6.07, 6.45) is 1.31. The van der Waals surface area contributed by atoms with E-state index >= 15 is 0 Å². The fourth-order valence-electron chi connectivity index (χ4n) is 3.04. The van der Waals surface area contributed by atoms with Crippen LogP contribution in [0.15, 0.2) is 53.7 Å². The number of rotatable bonds is 7. The maximum atomic E-state index is 12.4. The maximum Gasteiger partial charge on any atom is 0.258 e. The second-order valence-corrected chi connectivity index (χ2v) is 14.0. The largest absolute Gasteiger partial charge is 0.495 e. The Balaban J connectivity index is 1.75. The highest BCUT2D eigenvalue weighted by atomic mass is 32.7. The van der Waals surface area contributed by atoms with E-state index in [1.165, 1.54) is 24.0 Å². The zero-order valence-corrected chi connectivity index (χ0v) is 20.8. The molecular weight excluding hydrogens is 484 g/mol. The van der Waals surface area contributed by atoms with Crippen LogP contribution >= 0.6 is 15.6 Å². The van der Waals surface area contributed by atoms with Gasteiger partial charge >= 0.3 is 0 Å². The summed E-state index contributed by atoms with van der Waals surface area (Å²) >= 11 is 0. The number of benzene rings is 2. The molecule has 0 saturated heterocycles. The highest BCUT2D eigenvalue weighted by molar-refractivity contribution is 8.37. The molecule has 2 heterocycles. The first-order valence-electron chi connectivity index (χ1n) is 9.53. The number of methoxy groups -OCH3 is 1. The first kappa shape index (κ1) is 23.1. The quantitative estimate of drug-likeness (QED) is 0.360. The molecule has 2 aromatic heterocycles. The van der Waals surface area contributed by atoms with Crippen molar-refractivity contribution in [1.29, 1.82) is 0 Å². The van der Waals surface area contributed by atoms with Gasteiger partial charge in [-0.05, 0) is 52.1 Å². The topological polar surface area (TPSA) is 140 Å². The lowest BCUT2D eigenvalue weighted by Crippen LogP contribution is -2.10. The average Bonchev–Trinajstić information content (AvgIpc) is 3.22. The number of fused-ring (bicyclic) bond motifs is 1. The summed E-state index contributed by atoms with van der Waals surface area (Å²) in [5.74, 6) is 1.08. The Labute approximate surface area is 192 Å². The lowest BCUT2D eigenvalue weighted by atomic mass is 10.3. The number of hydrogen-bond acceptors (Lipinski definition) is 10. The lowest BCUT2D eigenvalue weighted by Gasteiger charge is -2.15. The fraction of sp³-hybridized carbons (Fsp3) is 0.158. The Hall–Kier alpha value is -3.07. The Kier molecular flexibility index (Phi) is 6.09. The van der Waals surface area contributed by atoms with Crippen LogP contribution in [0.25, 0.3) is 5.78 Å². The molecule has 0 amide bonds. The minimum atomic E-state index is -3.57. The van der Waals surface area contributed by atoms with Crippen LogP contribution in [0.1, 0.15) is 0 Å². The normalized spacial score (nSPS) is 12.0. The third-order valence-corrected chi connectivity index (χ3v) is 7.89. The van der Waals surface area contributed by atoms with Crippen LogP contribution in [0, 0.1) is 0 Å². The number of ether oxygens (including phenoxy) is 1. The van der Waals surface area contributed by atoms with Crippen molar-refractivity contribution in [3.8, 4) is 5.75 Å². The standard InChI is InChI=1S/C19H21N7O4P2S/c1-30-15-10-12(32(2,3)27)8-9-13(15)22-17-24-18-20-11-21-26(18)19(25-17)23-14-6-4-5-7-16(14)33(28,29)31/h4-11H,31H2,1-3H3,(H2,20,21,22,23,24,25). The molecule has 11 nitrogen and oxygen atoms in total. The van der Waals surface area contributed by atoms with Gasteiger partial charge in [0.15, 0.2) is 9.46 Å². The number of nitrogens with one attached hydrogen (secondary N) is 2. The van der Waals surface area contributed by atoms with Gasteiger partial charge in [-0.3, -0.25) is 0 Å². The highest BCUT2D eigenvalue weighted by Crippen LogP contribution is 2.38. The molecule has 1 unspecified atom stereocenters. The molecule has 2 N–H and O–H groups in total. The predicted octanol–water partition coefficient (Wildman–Crippen LogP) is 2.83. The summed E-state index contributed by atoms with van der Waals surface area (Å²) in [7, 11) is -2.70. The number of hydrogen-bond donors (Lipinski definition) is 2. The lowest BCUT2D eigenvalue weighted by molar-refractivity contribution is 0.417. The first-order chi connectivity index (χ1) is 15.6. The molecule has 0 fully saturated rings. The Morgan fingerprint density at radius 1 is 1.06 bits per heavy atom. The minimum absolute atomic E-state index is 0.0807. The fourth-order valence-corrected chi connectivity index (χ4v) is 5.21. The maximum absolute atomic E-state index is 12.4. The smallest absolute Gasteiger partial charge is 0.258 e. The number of anilines is 4. The van der Waals surface area contributed by atoms with Crippen molar-refractivity contribution >= 4 is 59.4 Å². The van der Waals surface area contributed by atoms with Gasteiger partial charge in [0.2, 0.25) is 11.9 Å². The van der Waals surface area contributed by atoms with E-state index in [0.717, 1.165) is 0 Å². The molecule has 0 aliphatic heterocycles. The van der Waals surface area contributed by atoms with E-state index in [1.807, 2.05) is 8.44 Å². The van der Waals surface area contributed by atoms with Crippen molar-refractivity contribution in [1.82, 2.24) is 24.6 Å². The van der Waals surface area contributed by atoms with E-state index in [4.69, 9.17) is 4.74 Å². The van der Waals surface area contributed by atoms with Crippen molar-refractivity contribution in [2.75, 3.05) is 31.1 Å². The van der Waals surface area contributed by atoms with Gasteiger partial charge in [-0.15, -0.1) is 0 Å². The van der Waals surface area contributed by atoms with Crippen molar-refractivity contribution in [3.05, 3.63) is 48.8 Å². The molecule has 33 heavy (non-hydrogen) atoms. The molecule has 4 aromatic rings. The summed E-state index contributed by atoms with van der Waals surface area (Å²) in [5.41, 5.74) is 0.870. The molecule has 0 bridgehead atoms. The molecule has 172 valence electrons. The van der Waals surface area contributed by atoms with E-state index in [1.54, 1.807) is 49.7 Å². The zero-order chi connectivity index (χ0) is 23.8. The second-order valence-electron chi connectivity index (χ2n) is 7.37. The van der Waals surface area contributed by atoms with Crippen LogP contribution in [0.2, 0.25) is 0 Å². The van der Waals surface area contributed by atoms with Crippen LogP contribution in [0.3, 0.4) is 0 Å². The summed E-state index contributed by atoms with van der Waals surface area (Å²) < 4.78 is 43.5. The van der Waals surface area contributed by atoms with E-state index in [0.29, 0.717) is 22.4 Å². The van der Waals surface area contributed by atoms with Gasteiger partial charge in [-0.1, -0.05) is 12.1 Å². The predicted molar refractivity (Wildman–Crippen MR) is 131 cm³/mol. The molecule has 0 aliphatic rings. The summed E-state index contributed by atoms with van der Waals surface area (Å²) in [4.78, 5) is 13.0. The van der Waals surface area contributed by atoms with Gasteiger partial charge < -0.3 is 19.9 Å². The van der Waals surface area contributed by atoms with Crippen LogP contribution in [-0.4, -0.2) is 53.4 Å². The van der Waals surface area contributed by atoms with E-state index in [9.17, 15) is 13.0 Å². The molecule has 0 aliphatic carbocycles. The molecule has 14 heteroatoms. The molecular formula is C19H21N7O4P2S. The van der Waals surface area contributed by atoms with Crippen LogP contribution in [0.5, 0.6) is 5.75 Å². The van der Waals surface area contributed by atoms with Crippen molar-refractivity contribution in [2.45, 2.75) is 4.90 Å². The molecule has 4 rings (SSSR count). The van der Waals surface area contributed by atoms with E-state index < -0.39 is 16.6 Å². The van der Waals surface area contributed by atoms with Gasteiger partial charge in [-0.25, -0.2) is 8.42 Å². The third-order valence-electron chi connectivity index (χ3n) is 4.64. The van der Waals surface area contributed by atoms with Gasteiger partial charge in [0, 0.05) is 5.30 Å².